The summed E-state index contributed by atoms with van der Waals surface area (Å²) in [5.41, 5.74) is 2.40. The molecular formula is C15H15N3O2S. The minimum absolute atomic E-state index is 0.170. The molecule has 0 atom stereocenters. The molecule has 0 bridgehead atoms. The topological polar surface area (TPSA) is 82.0 Å². The van der Waals surface area contributed by atoms with Gasteiger partial charge in [-0.25, -0.2) is 8.42 Å². The molecule has 2 N–H and O–H groups in total. The Hall–Kier alpha value is -2.52. The maximum atomic E-state index is 12.3. The fourth-order valence-corrected chi connectivity index (χ4v) is 2.93. The van der Waals surface area contributed by atoms with E-state index in [2.05, 4.69) is 10.0 Å². The van der Waals surface area contributed by atoms with Gasteiger partial charge in [-0.05, 0) is 48.9 Å². The molecule has 0 spiro atoms. The summed E-state index contributed by atoms with van der Waals surface area (Å²) in [5, 5.41) is 11.8. The molecule has 0 saturated heterocycles. The summed E-state index contributed by atoms with van der Waals surface area (Å²) in [5.74, 6) is 0. The highest BCUT2D eigenvalue weighted by molar-refractivity contribution is 7.92. The van der Waals surface area contributed by atoms with Crippen LogP contribution >= 0.6 is 0 Å². The first-order valence-electron chi connectivity index (χ1n) is 6.27. The van der Waals surface area contributed by atoms with Crippen molar-refractivity contribution < 1.29 is 8.42 Å². The zero-order valence-corrected chi connectivity index (χ0v) is 12.5. The van der Waals surface area contributed by atoms with E-state index in [4.69, 9.17) is 5.26 Å². The van der Waals surface area contributed by atoms with Crippen LogP contribution in [0.15, 0.2) is 47.4 Å². The highest BCUT2D eigenvalue weighted by atomic mass is 32.2. The fraction of sp³-hybridized carbons (Fsp3) is 0.133. The molecule has 0 aliphatic heterocycles. The van der Waals surface area contributed by atoms with Crippen LogP contribution in [0.3, 0.4) is 0 Å². The molecule has 0 aliphatic carbocycles. The standard InChI is InChI=1S/C15H15N3O2S/c1-11-3-4-12(10-16)9-15(11)18-21(19,20)14-7-5-13(17-2)6-8-14/h3-9,17-18H,1-2H3. The molecule has 0 radical (unpaired) electrons. The largest absolute Gasteiger partial charge is 0.388 e. The SMILES string of the molecule is CNc1ccc(S(=O)(=O)Nc2cc(C#N)ccc2C)cc1. The van der Waals surface area contributed by atoms with Gasteiger partial charge in [0.1, 0.15) is 0 Å². The summed E-state index contributed by atoms with van der Waals surface area (Å²) in [4.78, 5) is 0.170. The Kier molecular flexibility index (Phi) is 4.15. The van der Waals surface area contributed by atoms with Gasteiger partial charge in [0, 0.05) is 12.7 Å². The second kappa shape index (κ2) is 5.85. The van der Waals surface area contributed by atoms with E-state index in [9.17, 15) is 8.42 Å². The number of rotatable bonds is 4. The van der Waals surface area contributed by atoms with E-state index in [0.29, 0.717) is 11.3 Å². The Morgan fingerprint density at radius 2 is 1.76 bits per heavy atom. The third kappa shape index (κ3) is 3.33. The quantitative estimate of drug-likeness (QED) is 0.909. The molecule has 0 fully saturated rings. The summed E-state index contributed by atoms with van der Waals surface area (Å²) in [6.45, 7) is 1.78. The third-order valence-electron chi connectivity index (χ3n) is 3.06. The maximum absolute atomic E-state index is 12.3. The van der Waals surface area contributed by atoms with E-state index in [1.165, 1.54) is 18.2 Å². The number of anilines is 2. The van der Waals surface area contributed by atoms with Crippen LogP contribution in [0.4, 0.5) is 11.4 Å². The highest BCUT2D eigenvalue weighted by Gasteiger charge is 2.15. The van der Waals surface area contributed by atoms with Crippen molar-refractivity contribution in [1.29, 1.82) is 5.26 Å². The van der Waals surface area contributed by atoms with Gasteiger partial charge >= 0.3 is 0 Å². The van der Waals surface area contributed by atoms with Crippen molar-refractivity contribution in [3.05, 3.63) is 53.6 Å². The van der Waals surface area contributed by atoms with Crippen molar-refractivity contribution in [1.82, 2.24) is 0 Å². The zero-order valence-electron chi connectivity index (χ0n) is 11.7. The summed E-state index contributed by atoms with van der Waals surface area (Å²) in [7, 11) is -1.91. The van der Waals surface area contributed by atoms with Crippen LogP contribution in [0.1, 0.15) is 11.1 Å². The molecular weight excluding hydrogens is 286 g/mol. The van der Waals surface area contributed by atoms with Crippen molar-refractivity contribution >= 4 is 21.4 Å². The monoisotopic (exact) mass is 301 g/mol. The predicted molar refractivity (Wildman–Crippen MR) is 82.7 cm³/mol. The molecule has 0 unspecified atom stereocenters. The molecule has 0 heterocycles. The molecule has 0 saturated carbocycles. The average Bonchev–Trinajstić information content (AvgIpc) is 2.49. The number of nitrogens with zero attached hydrogens (tertiary/aromatic N) is 1. The Balaban J connectivity index is 2.35. The van der Waals surface area contributed by atoms with Crippen LogP contribution in [-0.4, -0.2) is 15.5 Å². The van der Waals surface area contributed by atoms with Crippen molar-refractivity contribution in [2.75, 3.05) is 17.1 Å². The van der Waals surface area contributed by atoms with Gasteiger partial charge in [-0.2, -0.15) is 5.26 Å². The number of hydrogen-bond acceptors (Lipinski definition) is 4. The van der Waals surface area contributed by atoms with E-state index < -0.39 is 10.0 Å². The van der Waals surface area contributed by atoms with Crippen LogP contribution in [0.25, 0.3) is 0 Å². The molecule has 2 rings (SSSR count). The summed E-state index contributed by atoms with van der Waals surface area (Å²) in [6, 6.07) is 13.3. The van der Waals surface area contributed by atoms with Crippen LogP contribution in [0.2, 0.25) is 0 Å². The lowest BCUT2D eigenvalue weighted by Gasteiger charge is -2.11. The molecule has 2 aromatic rings. The molecule has 0 aromatic heterocycles. The summed E-state index contributed by atoms with van der Waals surface area (Å²) >= 11 is 0. The van der Waals surface area contributed by atoms with Crippen LogP contribution < -0.4 is 10.0 Å². The zero-order chi connectivity index (χ0) is 15.5. The normalized spacial score (nSPS) is 10.7. The minimum atomic E-state index is -3.67. The van der Waals surface area contributed by atoms with Gasteiger partial charge in [0.2, 0.25) is 0 Å². The number of nitrogens with one attached hydrogen (secondary N) is 2. The van der Waals surface area contributed by atoms with Crippen molar-refractivity contribution in [3.63, 3.8) is 0 Å². The lowest BCUT2D eigenvalue weighted by molar-refractivity contribution is 0.601. The number of sulfonamides is 1. The number of aryl methyl sites for hydroxylation is 1. The molecule has 0 aliphatic rings. The van der Waals surface area contributed by atoms with Crippen LogP contribution in [0, 0.1) is 18.3 Å². The maximum Gasteiger partial charge on any atom is 0.261 e. The lowest BCUT2D eigenvalue weighted by Crippen LogP contribution is -2.13. The third-order valence-corrected chi connectivity index (χ3v) is 4.45. The number of benzene rings is 2. The van der Waals surface area contributed by atoms with E-state index in [0.717, 1.165) is 11.3 Å². The van der Waals surface area contributed by atoms with Crippen LogP contribution in [-0.2, 0) is 10.0 Å². The van der Waals surface area contributed by atoms with Crippen molar-refractivity contribution in [2.45, 2.75) is 11.8 Å². The predicted octanol–water partition coefficient (Wildman–Crippen LogP) is 2.71. The minimum Gasteiger partial charge on any atom is -0.388 e. The number of nitriles is 1. The smallest absolute Gasteiger partial charge is 0.261 e. The molecule has 21 heavy (non-hydrogen) atoms. The first-order chi connectivity index (χ1) is 9.96. The molecule has 0 amide bonds. The van der Waals surface area contributed by atoms with Gasteiger partial charge in [-0.15, -0.1) is 0 Å². The molecule has 5 nitrogen and oxygen atoms in total. The second-order valence-electron chi connectivity index (χ2n) is 4.52. The van der Waals surface area contributed by atoms with Gasteiger partial charge in [0.05, 0.1) is 22.2 Å². The van der Waals surface area contributed by atoms with E-state index >= 15 is 0 Å². The number of hydrogen-bond donors (Lipinski definition) is 2. The fourth-order valence-electron chi connectivity index (χ4n) is 1.81. The Morgan fingerprint density at radius 3 is 2.33 bits per heavy atom. The van der Waals surface area contributed by atoms with Crippen LogP contribution in [0.5, 0.6) is 0 Å². The average molecular weight is 301 g/mol. The molecule has 2 aromatic carbocycles. The molecule has 6 heteroatoms. The second-order valence-corrected chi connectivity index (χ2v) is 6.20. The Labute approximate surface area is 124 Å². The molecule has 108 valence electrons. The van der Waals surface area contributed by atoms with Crippen molar-refractivity contribution in [3.8, 4) is 6.07 Å². The Bertz CT molecular complexity index is 791. The summed E-state index contributed by atoms with van der Waals surface area (Å²) in [6.07, 6.45) is 0. The van der Waals surface area contributed by atoms with Gasteiger partial charge < -0.3 is 5.32 Å². The van der Waals surface area contributed by atoms with E-state index in [1.807, 2.05) is 6.07 Å². The first-order valence-corrected chi connectivity index (χ1v) is 7.76. The highest BCUT2D eigenvalue weighted by Crippen LogP contribution is 2.21. The van der Waals surface area contributed by atoms with Gasteiger partial charge in [0.25, 0.3) is 10.0 Å². The summed E-state index contributed by atoms with van der Waals surface area (Å²) < 4.78 is 27.2. The van der Waals surface area contributed by atoms with E-state index in [1.54, 1.807) is 38.2 Å². The van der Waals surface area contributed by atoms with E-state index in [-0.39, 0.29) is 4.90 Å². The van der Waals surface area contributed by atoms with Gasteiger partial charge in [-0.3, -0.25) is 4.72 Å². The Morgan fingerprint density at radius 1 is 1.10 bits per heavy atom. The van der Waals surface area contributed by atoms with Crippen molar-refractivity contribution in [2.24, 2.45) is 0 Å². The first kappa shape index (κ1) is 14.9. The lowest BCUT2D eigenvalue weighted by atomic mass is 10.1. The van der Waals surface area contributed by atoms with Gasteiger partial charge in [-0.1, -0.05) is 6.07 Å². The van der Waals surface area contributed by atoms with Gasteiger partial charge in [0.15, 0.2) is 0 Å².